The van der Waals surface area contributed by atoms with Gasteiger partial charge in [0.1, 0.15) is 17.9 Å². The molecular weight excluding hydrogens is 371 g/mol. The monoisotopic (exact) mass is 392 g/mol. The number of hydrazine groups is 1. The average molecular weight is 393 g/mol. The number of hydrogen-bond donors (Lipinski definition) is 3. The minimum atomic E-state index is -0.501. The Morgan fingerprint density at radius 1 is 1.41 bits per heavy atom. The van der Waals surface area contributed by atoms with Gasteiger partial charge in [-0.15, -0.1) is 0 Å². The SMILES string of the molecule is N[C@H]1CCN(CC2=C3C(=Nc4ccc(F)c(Cl)c4)N=CNN3CC2)C[C@@H]1O. The van der Waals surface area contributed by atoms with Gasteiger partial charge in [0.05, 0.1) is 16.8 Å². The van der Waals surface area contributed by atoms with Crippen LogP contribution in [0.1, 0.15) is 12.8 Å². The summed E-state index contributed by atoms with van der Waals surface area (Å²) in [4.78, 5) is 11.2. The molecule has 1 saturated heterocycles. The molecule has 0 saturated carbocycles. The van der Waals surface area contributed by atoms with Crippen molar-refractivity contribution in [3.05, 3.63) is 40.3 Å². The van der Waals surface area contributed by atoms with Crippen LogP contribution in [-0.4, -0.2) is 65.5 Å². The van der Waals surface area contributed by atoms with Crippen LogP contribution in [0.4, 0.5) is 10.1 Å². The van der Waals surface area contributed by atoms with Crippen molar-refractivity contribution >= 4 is 29.5 Å². The van der Waals surface area contributed by atoms with Crippen LogP contribution in [-0.2, 0) is 0 Å². The number of nitrogens with zero attached hydrogens (tertiary/aromatic N) is 4. The predicted octanol–water partition coefficient (Wildman–Crippen LogP) is 1.41. The molecule has 1 aromatic rings. The summed E-state index contributed by atoms with van der Waals surface area (Å²) < 4.78 is 13.4. The number of halogens is 2. The van der Waals surface area contributed by atoms with Crippen LogP contribution in [0.15, 0.2) is 39.5 Å². The summed E-state index contributed by atoms with van der Waals surface area (Å²) in [6, 6.07) is 4.21. The van der Waals surface area contributed by atoms with E-state index in [1.54, 1.807) is 12.4 Å². The minimum absolute atomic E-state index is 0.0332. The lowest BCUT2D eigenvalue weighted by molar-refractivity contribution is 0.0578. The van der Waals surface area contributed by atoms with Gasteiger partial charge in [0.15, 0.2) is 5.84 Å². The fraction of sp³-hybridized carbons (Fsp3) is 0.444. The Morgan fingerprint density at radius 2 is 2.26 bits per heavy atom. The van der Waals surface area contributed by atoms with Crippen molar-refractivity contribution < 1.29 is 9.50 Å². The highest BCUT2D eigenvalue weighted by Gasteiger charge is 2.31. The largest absolute Gasteiger partial charge is 0.390 e. The first-order valence-electron chi connectivity index (χ1n) is 8.99. The molecule has 0 aromatic heterocycles. The van der Waals surface area contributed by atoms with Gasteiger partial charge in [-0.1, -0.05) is 11.6 Å². The zero-order valence-electron chi connectivity index (χ0n) is 14.8. The number of benzene rings is 1. The first kappa shape index (κ1) is 18.4. The number of nitrogens with one attached hydrogen (secondary N) is 1. The zero-order chi connectivity index (χ0) is 19.0. The van der Waals surface area contributed by atoms with E-state index in [0.717, 1.165) is 38.2 Å². The Morgan fingerprint density at radius 3 is 3.04 bits per heavy atom. The molecular formula is C18H22ClFN6O. The molecule has 7 nitrogen and oxygen atoms in total. The van der Waals surface area contributed by atoms with E-state index in [4.69, 9.17) is 17.3 Å². The Hall–Kier alpha value is -2.00. The van der Waals surface area contributed by atoms with E-state index in [1.807, 2.05) is 5.01 Å². The van der Waals surface area contributed by atoms with Gasteiger partial charge in [-0.05, 0) is 36.6 Å². The van der Waals surface area contributed by atoms with Crippen LogP contribution in [0.5, 0.6) is 0 Å². The molecule has 27 heavy (non-hydrogen) atoms. The highest BCUT2D eigenvalue weighted by molar-refractivity contribution is 6.31. The number of rotatable bonds is 3. The van der Waals surface area contributed by atoms with Crippen LogP contribution in [0.25, 0.3) is 0 Å². The maximum Gasteiger partial charge on any atom is 0.179 e. The molecule has 3 heterocycles. The third kappa shape index (κ3) is 3.84. The molecule has 0 aliphatic carbocycles. The number of likely N-dealkylation sites (tertiary alicyclic amines) is 1. The van der Waals surface area contributed by atoms with Crippen molar-refractivity contribution in [2.45, 2.75) is 25.0 Å². The molecule has 1 fully saturated rings. The summed E-state index contributed by atoms with van der Waals surface area (Å²) in [6.45, 7) is 2.96. The van der Waals surface area contributed by atoms with Crippen molar-refractivity contribution in [2.75, 3.05) is 26.2 Å². The summed E-state index contributed by atoms with van der Waals surface area (Å²) in [5, 5.41) is 12.1. The highest BCUT2D eigenvalue weighted by Crippen LogP contribution is 2.29. The van der Waals surface area contributed by atoms with Crippen LogP contribution in [0.2, 0.25) is 5.02 Å². The number of nitrogens with two attached hydrogens (primary N) is 1. The van der Waals surface area contributed by atoms with E-state index in [9.17, 15) is 9.50 Å². The second-order valence-electron chi connectivity index (χ2n) is 7.03. The number of aliphatic imine (C=N–C) groups is 2. The lowest BCUT2D eigenvalue weighted by Crippen LogP contribution is -2.51. The highest BCUT2D eigenvalue weighted by atomic mass is 35.5. The standard InChI is InChI=1S/C18H22ClFN6O/c19-13-7-12(1-2-14(13)20)24-18-17-11(3-6-26(17)23-10-22-18)8-25-5-4-15(21)16(27)9-25/h1-2,7,10,15-16,27H,3-6,8-9,21H2,(H,22,23,24)/t15-,16-/m0/s1. The quantitative estimate of drug-likeness (QED) is 0.723. The van der Waals surface area contributed by atoms with Crippen molar-refractivity contribution in [3.63, 3.8) is 0 Å². The third-order valence-electron chi connectivity index (χ3n) is 5.13. The van der Waals surface area contributed by atoms with Crippen LogP contribution >= 0.6 is 11.6 Å². The van der Waals surface area contributed by atoms with Gasteiger partial charge in [-0.25, -0.2) is 14.4 Å². The minimum Gasteiger partial charge on any atom is -0.390 e. The summed E-state index contributed by atoms with van der Waals surface area (Å²) in [5.41, 5.74) is 11.7. The zero-order valence-corrected chi connectivity index (χ0v) is 15.5. The van der Waals surface area contributed by atoms with E-state index in [1.165, 1.54) is 17.7 Å². The van der Waals surface area contributed by atoms with Gasteiger partial charge in [0.25, 0.3) is 0 Å². The molecule has 3 aliphatic rings. The molecule has 0 unspecified atom stereocenters. The number of aliphatic hydroxyl groups excluding tert-OH is 1. The van der Waals surface area contributed by atoms with Crippen molar-refractivity contribution in [3.8, 4) is 0 Å². The molecule has 9 heteroatoms. The number of amidine groups is 1. The average Bonchev–Trinajstić information content (AvgIpc) is 3.05. The number of fused-ring (bicyclic) bond motifs is 1. The molecule has 4 rings (SSSR count). The third-order valence-corrected chi connectivity index (χ3v) is 5.41. The second-order valence-corrected chi connectivity index (χ2v) is 7.44. The second kappa shape index (κ2) is 7.55. The Labute approximate surface area is 162 Å². The molecule has 4 N–H and O–H groups in total. The van der Waals surface area contributed by atoms with E-state index >= 15 is 0 Å². The van der Waals surface area contributed by atoms with Crippen molar-refractivity contribution in [1.82, 2.24) is 15.3 Å². The first-order valence-corrected chi connectivity index (χ1v) is 9.37. The number of aliphatic hydroxyl groups is 1. The summed E-state index contributed by atoms with van der Waals surface area (Å²) in [5.74, 6) is 0.0943. The molecule has 0 amide bonds. The molecule has 1 aromatic carbocycles. The lowest BCUT2D eigenvalue weighted by atomic mass is 10.0. The smallest absolute Gasteiger partial charge is 0.179 e. The summed E-state index contributed by atoms with van der Waals surface area (Å²) in [6.07, 6.45) is 2.76. The normalized spacial score (nSPS) is 27.3. The van der Waals surface area contributed by atoms with Crippen LogP contribution < -0.4 is 11.2 Å². The van der Waals surface area contributed by atoms with E-state index in [2.05, 4.69) is 20.3 Å². The number of hydrogen-bond acceptors (Lipinski definition) is 6. The molecule has 3 aliphatic heterocycles. The Bertz CT molecular complexity index is 826. The van der Waals surface area contributed by atoms with Gasteiger partial charge >= 0.3 is 0 Å². The van der Waals surface area contributed by atoms with Gasteiger partial charge in [0.2, 0.25) is 0 Å². The molecule has 0 bridgehead atoms. The fourth-order valence-electron chi connectivity index (χ4n) is 3.64. The van der Waals surface area contributed by atoms with Crippen LogP contribution in [0, 0.1) is 5.82 Å². The van der Waals surface area contributed by atoms with E-state index < -0.39 is 11.9 Å². The summed E-state index contributed by atoms with van der Waals surface area (Å²) in [7, 11) is 0. The summed E-state index contributed by atoms with van der Waals surface area (Å²) >= 11 is 5.87. The van der Waals surface area contributed by atoms with Crippen LogP contribution in [0.3, 0.4) is 0 Å². The predicted molar refractivity (Wildman–Crippen MR) is 104 cm³/mol. The lowest BCUT2D eigenvalue weighted by Gasteiger charge is -2.34. The van der Waals surface area contributed by atoms with Crippen molar-refractivity contribution in [2.24, 2.45) is 15.7 Å². The maximum absolute atomic E-state index is 13.4. The van der Waals surface area contributed by atoms with E-state index in [0.29, 0.717) is 18.1 Å². The molecule has 144 valence electrons. The molecule has 0 radical (unpaired) electrons. The van der Waals surface area contributed by atoms with Gasteiger partial charge in [0, 0.05) is 32.2 Å². The maximum atomic E-state index is 13.4. The molecule has 0 spiro atoms. The van der Waals surface area contributed by atoms with Gasteiger partial charge < -0.3 is 10.8 Å². The Kier molecular flexibility index (Phi) is 5.14. The fourth-order valence-corrected chi connectivity index (χ4v) is 3.81. The van der Waals surface area contributed by atoms with Crippen molar-refractivity contribution in [1.29, 1.82) is 0 Å². The topological polar surface area (TPSA) is 89.5 Å². The Balaban J connectivity index is 1.61. The van der Waals surface area contributed by atoms with E-state index in [-0.39, 0.29) is 11.1 Å². The van der Waals surface area contributed by atoms with Gasteiger partial charge in [-0.2, -0.15) is 0 Å². The van der Waals surface area contributed by atoms with Gasteiger partial charge in [-0.3, -0.25) is 15.3 Å². The molecule has 2 atom stereocenters. The number of β-amino-alcohol motifs (C(OH)–C–C–N with tert-alkyl or cyclic N) is 1. The number of piperidine rings is 1. The first-order chi connectivity index (χ1) is 13.0.